The monoisotopic (exact) mass is 393 g/mol. The van der Waals surface area contributed by atoms with Crippen molar-refractivity contribution in [1.29, 1.82) is 0 Å². The molecule has 1 amide bonds. The molecule has 2 heterocycles. The van der Waals surface area contributed by atoms with Crippen LogP contribution in [0.3, 0.4) is 0 Å². The number of aliphatic hydroxyl groups is 1. The van der Waals surface area contributed by atoms with Gasteiger partial charge in [-0.3, -0.25) is 14.6 Å². The summed E-state index contributed by atoms with van der Waals surface area (Å²) in [4.78, 5) is 18.5. The average Bonchev–Trinajstić information content (AvgIpc) is 2.68. The van der Waals surface area contributed by atoms with Crippen LogP contribution in [-0.2, 0) is 11.3 Å². The van der Waals surface area contributed by atoms with Gasteiger partial charge in [0.1, 0.15) is 18.5 Å². The van der Waals surface area contributed by atoms with Crippen molar-refractivity contribution in [2.24, 2.45) is 0 Å². The second-order valence-corrected chi connectivity index (χ2v) is 8.39. The third-order valence-electron chi connectivity index (χ3n) is 5.15. The number of carbonyl (C=O) groups is 1. The fourth-order valence-corrected chi connectivity index (χ4v) is 4.54. The van der Waals surface area contributed by atoms with Gasteiger partial charge < -0.3 is 14.7 Å². The zero-order chi connectivity index (χ0) is 19.1. The first-order valence-corrected chi connectivity index (χ1v) is 11.0. The summed E-state index contributed by atoms with van der Waals surface area (Å²) >= 11 is 1.97. The number of ether oxygens (including phenoxy) is 1. The highest BCUT2D eigenvalue weighted by molar-refractivity contribution is 7.99. The molecule has 7 heteroatoms. The number of thioether (sulfide) groups is 1. The summed E-state index contributed by atoms with van der Waals surface area (Å²) in [6, 6.07) is 7.94. The molecule has 1 atom stereocenters. The van der Waals surface area contributed by atoms with Gasteiger partial charge in [-0.2, -0.15) is 11.8 Å². The Morgan fingerprint density at radius 1 is 1.15 bits per heavy atom. The molecule has 2 fully saturated rings. The summed E-state index contributed by atoms with van der Waals surface area (Å²) in [6.45, 7) is 8.64. The second kappa shape index (κ2) is 10.3. The minimum absolute atomic E-state index is 0.192. The number of β-amino-alcohol motifs (C(OH)–C–C–N with tert-alkyl or cyclic N) is 1. The molecule has 27 heavy (non-hydrogen) atoms. The fraction of sp³-hybridized carbons (Fsp3) is 0.650. The smallest absolute Gasteiger partial charge is 0.236 e. The van der Waals surface area contributed by atoms with Crippen LogP contribution in [0.15, 0.2) is 24.3 Å². The zero-order valence-corrected chi connectivity index (χ0v) is 17.0. The van der Waals surface area contributed by atoms with Gasteiger partial charge in [-0.1, -0.05) is 18.2 Å². The van der Waals surface area contributed by atoms with Crippen molar-refractivity contribution in [1.82, 2.24) is 14.7 Å². The molecular formula is C20H31N3O3S. The quantitative estimate of drug-likeness (QED) is 0.715. The number of hydrogen-bond donors (Lipinski definition) is 1. The Balaban J connectivity index is 1.50. The van der Waals surface area contributed by atoms with E-state index in [0.717, 1.165) is 55.5 Å². The first-order valence-electron chi connectivity index (χ1n) is 9.84. The normalized spacial score (nSPS) is 20.7. The first kappa shape index (κ1) is 20.5. The number of para-hydroxylation sites is 1. The highest BCUT2D eigenvalue weighted by atomic mass is 32.2. The summed E-state index contributed by atoms with van der Waals surface area (Å²) in [7, 11) is 0. The average molecular weight is 394 g/mol. The van der Waals surface area contributed by atoms with Crippen molar-refractivity contribution in [2.45, 2.75) is 19.6 Å². The Hall–Kier alpha value is -1.28. The molecule has 1 unspecified atom stereocenters. The maximum Gasteiger partial charge on any atom is 0.236 e. The fourth-order valence-electron chi connectivity index (χ4n) is 3.56. The summed E-state index contributed by atoms with van der Waals surface area (Å²) < 4.78 is 5.95. The van der Waals surface area contributed by atoms with Crippen molar-refractivity contribution >= 4 is 17.7 Å². The number of benzene rings is 1. The minimum atomic E-state index is -0.490. The van der Waals surface area contributed by atoms with Gasteiger partial charge in [0.05, 0.1) is 6.54 Å². The van der Waals surface area contributed by atoms with E-state index in [-0.39, 0.29) is 5.91 Å². The number of nitrogens with zero attached hydrogens (tertiary/aromatic N) is 3. The van der Waals surface area contributed by atoms with Gasteiger partial charge in [-0.25, -0.2) is 0 Å². The van der Waals surface area contributed by atoms with Crippen LogP contribution in [0.4, 0.5) is 0 Å². The highest BCUT2D eigenvalue weighted by Crippen LogP contribution is 2.21. The lowest BCUT2D eigenvalue weighted by atomic mass is 10.1. The summed E-state index contributed by atoms with van der Waals surface area (Å²) in [5.74, 6) is 3.27. The van der Waals surface area contributed by atoms with E-state index in [2.05, 4.69) is 9.80 Å². The largest absolute Gasteiger partial charge is 0.491 e. The first-order chi connectivity index (χ1) is 13.2. The molecule has 0 saturated carbocycles. The van der Waals surface area contributed by atoms with Crippen LogP contribution in [-0.4, -0.2) is 95.7 Å². The number of amides is 1. The van der Waals surface area contributed by atoms with Crippen LogP contribution in [0.5, 0.6) is 5.75 Å². The molecule has 1 N–H and O–H groups in total. The molecule has 2 aliphatic rings. The standard InChI is InChI=1S/C20H31N3O3S/c1-2-23-8-7-22(15-20(23)25)13-17-5-3-4-6-19(17)26-16-18(24)14-21-9-11-27-12-10-21/h3-6,18,24H,2,7-16H2,1H3. The Morgan fingerprint density at radius 2 is 1.93 bits per heavy atom. The van der Waals surface area contributed by atoms with Crippen molar-refractivity contribution in [3.63, 3.8) is 0 Å². The van der Waals surface area contributed by atoms with Crippen molar-refractivity contribution < 1.29 is 14.6 Å². The number of hydrogen-bond acceptors (Lipinski definition) is 6. The van der Waals surface area contributed by atoms with Crippen molar-refractivity contribution in [3.8, 4) is 5.75 Å². The van der Waals surface area contributed by atoms with E-state index in [1.165, 1.54) is 0 Å². The van der Waals surface area contributed by atoms with Gasteiger partial charge in [0, 0.05) is 62.9 Å². The van der Waals surface area contributed by atoms with Crippen LogP contribution in [0.2, 0.25) is 0 Å². The molecule has 6 nitrogen and oxygen atoms in total. The molecule has 2 saturated heterocycles. The van der Waals surface area contributed by atoms with E-state index in [1.54, 1.807) is 0 Å². The number of piperazine rings is 1. The Morgan fingerprint density at radius 3 is 2.67 bits per heavy atom. The van der Waals surface area contributed by atoms with Crippen molar-refractivity contribution in [2.75, 3.05) is 63.9 Å². The predicted octanol–water partition coefficient (Wildman–Crippen LogP) is 1.14. The highest BCUT2D eigenvalue weighted by Gasteiger charge is 2.23. The lowest BCUT2D eigenvalue weighted by Gasteiger charge is -2.34. The Kier molecular flexibility index (Phi) is 7.81. The second-order valence-electron chi connectivity index (χ2n) is 7.17. The Labute approximate surface area is 166 Å². The zero-order valence-electron chi connectivity index (χ0n) is 16.2. The van der Waals surface area contributed by atoms with Gasteiger partial charge >= 0.3 is 0 Å². The van der Waals surface area contributed by atoms with Gasteiger partial charge in [0.2, 0.25) is 5.91 Å². The maximum atomic E-state index is 12.1. The van der Waals surface area contributed by atoms with Gasteiger partial charge in [0.15, 0.2) is 0 Å². The number of likely N-dealkylation sites (N-methyl/N-ethyl adjacent to an activating group) is 1. The SMILES string of the molecule is CCN1CCN(Cc2ccccc2OCC(O)CN2CCSCC2)CC1=O. The number of carbonyl (C=O) groups excluding carboxylic acids is 1. The lowest BCUT2D eigenvalue weighted by molar-refractivity contribution is -0.135. The molecule has 0 bridgehead atoms. The number of rotatable bonds is 8. The summed E-state index contributed by atoms with van der Waals surface area (Å²) in [5.41, 5.74) is 1.07. The topological polar surface area (TPSA) is 56.2 Å². The molecule has 1 aromatic carbocycles. The lowest BCUT2D eigenvalue weighted by Crippen LogP contribution is -2.49. The van der Waals surface area contributed by atoms with Gasteiger partial charge in [-0.15, -0.1) is 0 Å². The van der Waals surface area contributed by atoms with E-state index in [1.807, 2.05) is 47.9 Å². The molecule has 3 rings (SSSR count). The molecule has 0 aliphatic carbocycles. The minimum Gasteiger partial charge on any atom is -0.491 e. The maximum absolute atomic E-state index is 12.1. The van der Waals surface area contributed by atoms with Crippen LogP contribution in [0.1, 0.15) is 12.5 Å². The molecule has 2 aliphatic heterocycles. The number of aliphatic hydroxyl groups excluding tert-OH is 1. The third-order valence-corrected chi connectivity index (χ3v) is 6.09. The molecular weight excluding hydrogens is 362 g/mol. The molecule has 0 aromatic heterocycles. The van der Waals surface area contributed by atoms with E-state index in [4.69, 9.17) is 4.74 Å². The molecule has 0 spiro atoms. The van der Waals surface area contributed by atoms with Crippen LogP contribution < -0.4 is 4.74 Å². The van der Waals surface area contributed by atoms with E-state index in [9.17, 15) is 9.90 Å². The molecule has 150 valence electrons. The molecule has 1 aromatic rings. The van der Waals surface area contributed by atoms with E-state index >= 15 is 0 Å². The van der Waals surface area contributed by atoms with Crippen LogP contribution >= 0.6 is 11.8 Å². The van der Waals surface area contributed by atoms with E-state index in [0.29, 0.717) is 26.2 Å². The predicted molar refractivity (Wildman–Crippen MR) is 109 cm³/mol. The summed E-state index contributed by atoms with van der Waals surface area (Å²) in [6.07, 6.45) is -0.490. The third kappa shape index (κ3) is 6.10. The van der Waals surface area contributed by atoms with Crippen molar-refractivity contribution in [3.05, 3.63) is 29.8 Å². The Bertz CT molecular complexity index is 610. The molecule has 0 radical (unpaired) electrons. The van der Waals surface area contributed by atoms with Crippen LogP contribution in [0, 0.1) is 0 Å². The van der Waals surface area contributed by atoms with Gasteiger partial charge in [0.25, 0.3) is 0 Å². The van der Waals surface area contributed by atoms with Gasteiger partial charge in [-0.05, 0) is 13.0 Å². The summed E-state index contributed by atoms with van der Waals surface area (Å²) in [5, 5.41) is 10.3. The van der Waals surface area contributed by atoms with Crippen LogP contribution in [0.25, 0.3) is 0 Å². The van der Waals surface area contributed by atoms with E-state index < -0.39 is 6.10 Å².